The molecule has 2 aromatic heterocycles. The molecule has 0 fully saturated rings. The number of benzene rings is 1. The van der Waals surface area contributed by atoms with Gasteiger partial charge in [-0.3, -0.25) is 4.98 Å². The van der Waals surface area contributed by atoms with Crippen LogP contribution in [0.4, 0.5) is 0 Å². The van der Waals surface area contributed by atoms with E-state index in [0.717, 1.165) is 40.3 Å². The number of rotatable bonds is 3. The molecule has 4 heteroatoms. The van der Waals surface area contributed by atoms with Crippen LogP contribution in [0.1, 0.15) is 29.4 Å². The van der Waals surface area contributed by atoms with E-state index in [4.69, 9.17) is 4.74 Å². The van der Waals surface area contributed by atoms with Gasteiger partial charge in [0.25, 0.3) is 0 Å². The summed E-state index contributed by atoms with van der Waals surface area (Å²) in [6.45, 7) is 2.07. The van der Waals surface area contributed by atoms with Crippen LogP contribution in [0.2, 0.25) is 0 Å². The lowest BCUT2D eigenvalue weighted by molar-refractivity contribution is 0.0601. The lowest BCUT2D eigenvalue weighted by atomic mass is 10.1. The van der Waals surface area contributed by atoms with Gasteiger partial charge in [0.2, 0.25) is 0 Å². The molecule has 0 aliphatic heterocycles. The van der Waals surface area contributed by atoms with Gasteiger partial charge >= 0.3 is 5.97 Å². The fourth-order valence-electron chi connectivity index (χ4n) is 2.59. The molecule has 0 radical (unpaired) electrons. The molecule has 102 valence electrons. The number of nitrogens with one attached hydrogen (secondary N) is 1. The number of para-hydroxylation sites is 1. The van der Waals surface area contributed by atoms with Crippen molar-refractivity contribution in [1.29, 1.82) is 0 Å². The predicted octanol–water partition coefficient (Wildman–Crippen LogP) is 3.46. The zero-order valence-electron chi connectivity index (χ0n) is 11.6. The molecule has 3 rings (SSSR count). The second-order valence-electron chi connectivity index (χ2n) is 4.78. The summed E-state index contributed by atoms with van der Waals surface area (Å²) in [6.07, 6.45) is 3.53. The Morgan fingerprint density at radius 3 is 2.85 bits per heavy atom. The van der Waals surface area contributed by atoms with Gasteiger partial charge in [0.15, 0.2) is 0 Å². The van der Waals surface area contributed by atoms with Crippen molar-refractivity contribution in [1.82, 2.24) is 9.97 Å². The maximum atomic E-state index is 12.1. The van der Waals surface area contributed by atoms with Crippen molar-refractivity contribution in [3.63, 3.8) is 0 Å². The number of nitrogens with zero attached hydrogens (tertiary/aromatic N) is 1. The van der Waals surface area contributed by atoms with E-state index >= 15 is 0 Å². The monoisotopic (exact) mass is 268 g/mol. The molecule has 1 aromatic carbocycles. The molecule has 0 atom stereocenters. The number of pyridine rings is 1. The van der Waals surface area contributed by atoms with Crippen LogP contribution in [-0.4, -0.2) is 23.0 Å². The van der Waals surface area contributed by atoms with E-state index in [1.807, 2.05) is 30.5 Å². The Morgan fingerprint density at radius 2 is 2.10 bits per heavy atom. The van der Waals surface area contributed by atoms with Crippen molar-refractivity contribution >= 4 is 27.8 Å². The Balaban J connectivity index is 2.38. The molecule has 0 spiro atoms. The molecule has 0 amide bonds. The summed E-state index contributed by atoms with van der Waals surface area (Å²) in [4.78, 5) is 19.9. The first-order valence-electron chi connectivity index (χ1n) is 6.72. The number of aromatic amines is 1. The highest BCUT2D eigenvalue weighted by atomic mass is 16.5. The minimum absolute atomic E-state index is 0.335. The highest BCUT2D eigenvalue weighted by Gasteiger charge is 2.19. The number of aromatic nitrogens is 2. The number of methoxy groups -OCH3 is 1. The normalized spacial score (nSPS) is 11.1. The van der Waals surface area contributed by atoms with Crippen LogP contribution in [0.25, 0.3) is 21.8 Å². The summed E-state index contributed by atoms with van der Waals surface area (Å²) in [5.41, 5.74) is 3.17. The van der Waals surface area contributed by atoms with Crippen molar-refractivity contribution in [3.8, 4) is 0 Å². The van der Waals surface area contributed by atoms with Gasteiger partial charge < -0.3 is 9.72 Å². The molecule has 0 aliphatic rings. The molecule has 0 aliphatic carbocycles. The number of ether oxygens (including phenoxy) is 1. The molecule has 1 N–H and O–H groups in total. The fraction of sp³-hybridized carbons (Fsp3) is 0.250. The molecule has 4 nitrogen and oxygen atoms in total. The van der Waals surface area contributed by atoms with Crippen LogP contribution in [0, 0.1) is 0 Å². The van der Waals surface area contributed by atoms with Crippen molar-refractivity contribution < 1.29 is 9.53 Å². The van der Waals surface area contributed by atoms with Gasteiger partial charge in [-0.25, -0.2) is 4.79 Å². The van der Waals surface area contributed by atoms with Crippen LogP contribution >= 0.6 is 0 Å². The minimum atomic E-state index is -0.335. The standard InChI is InChI=1S/C16H16N2O2/c1-3-6-13-14(16(19)20-2)15-11(9-17-13)10-7-4-5-8-12(10)18-15/h4-5,7-9,18H,3,6H2,1-2H3. The molecule has 2 heterocycles. The molecular formula is C16H16N2O2. The third-order valence-corrected chi connectivity index (χ3v) is 3.51. The Kier molecular flexibility index (Phi) is 3.14. The Labute approximate surface area is 116 Å². The summed E-state index contributed by atoms with van der Waals surface area (Å²) in [5.74, 6) is -0.335. The first kappa shape index (κ1) is 12.7. The zero-order chi connectivity index (χ0) is 14.1. The van der Waals surface area contributed by atoms with E-state index in [2.05, 4.69) is 16.9 Å². The molecule has 0 bridgehead atoms. The van der Waals surface area contributed by atoms with E-state index < -0.39 is 0 Å². The first-order valence-corrected chi connectivity index (χ1v) is 6.72. The van der Waals surface area contributed by atoms with Gasteiger partial charge in [0.05, 0.1) is 18.3 Å². The number of carbonyl (C=O) groups is 1. The number of hydrogen-bond donors (Lipinski definition) is 1. The van der Waals surface area contributed by atoms with Crippen molar-refractivity contribution in [2.24, 2.45) is 0 Å². The van der Waals surface area contributed by atoms with Gasteiger partial charge in [-0.05, 0) is 12.5 Å². The average Bonchev–Trinajstić information content (AvgIpc) is 2.85. The van der Waals surface area contributed by atoms with Gasteiger partial charge in [-0.2, -0.15) is 0 Å². The second-order valence-corrected chi connectivity index (χ2v) is 4.78. The van der Waals surface area contributed by atoms with E-state index in [1.54, 1.807) is 0 Å². The summed E-state index contributed by atoms with van der Waals surface area (Å²) in [7, 11) is 1.40. The van der Waals surface area contributed by atoms with Crippen molar-refractivity contribution in [3.05, 3.63) is 41.7 Å². The summed E-state index contributed by atoms with van der Waals surface area (Å²) < 4.78 is 4.93. The second kappa shape index (κ2) is 4.96. The number of carbonyl (C=O) groups excluding carboxylic acids is 1. The Morgan fingerprint density at radius 1 is 1.30 bits per heavy atom. The van der Waals surface area contributed by atoms with Crippen molar-refractivity contribution in [2.75, 3.05) is 7.11 Å². The maximum absolute atomic E-state index is 12.1. The van der Waals surface area contributed by atoms with Crippen LogP contribution in [0.5, 0.6) is 0 Å². The van der Waals surface area contributed by atoms with Gasteiger partial charge in [-0.1, -0.05) is 31.5 Å². The lowest BCUT2D eigenvalue weighted by Gasteiger charge is -2.07. The molecular weight excluding hydrogens is 252 g/mol. The van der Waals surface area contributed by atoms with Gasteiger partial charge in [0, 0.05) is 22.5 Å². The van der Waals surface area contributed by atoms with Gasteiger partial charge in [-0.15, -0.1) is 0 Å². The number of esters is 1. The number of fused-ring (bicyclic) bond motifs is 3. The van der Waals surface area contributed by atoms with E-state index in [0.29, 0.717) is 5.56 Å². The van der Waals surface area contributed by atoms with Crippen LogP contribution in [-0.2, 0) is 11.2 Å². The predicted molar refractivity (Wildman–Crippen MR) is 78.9 cm³/mol. The van der Waals surface area contributed by atoms with Crippen LogP contribution < -0.4 is 0 Å². The highest BCUT2D eigenvalue weighted by molar-refractivity contribution is 6.14. The quantitative estimate of drug-likeness (QED) is 0.740. The third-order valence-electron chi connectivity index (χ3n) is 3.51. The fourth-order valence-corrected chi connectivity index (χ4v) is 2.59. The van der Waals surface area contributed by atoms with E-state index in [-0.39, 0.29) is 5.97 Å². The maximum Gasteiger partial charge on any atom is 0.341 e. The SMILES string of the molecule is CCCc1ncc2c([nH]c3ccccc32)c1C(=O)OC. The molecule has 0 saturated heterocycles. The van der Waals surface area contributed by atoms with E-state index in [1.165, 1.54) is 7.11 Å². The zero-order valence-corrected chi connectivity index (χ0v) is 11.6. The molecule has 0 unspecified atom stereocenters. The molecule has 20 heavy (non-hydrogen) atoms. The van der Waals surface area contributed by atoms with E-state index in [9.17, 15) is 4.79 Å². The smallest absolute Gasteiger partial charge is 0.341 e. The summed E-state index contributed by atoms with van der Waals surface area (Å²) in [6, 6.07) is 7.97. The average molecular weight is 268 g/mol. The van der Waals surface area contributed by atoms with Crippen molar-refractivity contribution in [2.45, 2.75) is 19.8 Å². The summed E-state index contributed by atoms with van der Waals surface area (Å²) in [5, 5.41) is 2.03. The molecule has 3 aromatic rings. The van der Waals surface area contributed by atoms with Gasteiger partial charge in [0.1, 0.15) is 5.56 Å². The Bertz CT molecular complexity index is 790. The topological polar surface area (TPSA) is 55.0 Å². The Hall–Kier alpha value is -2.36. The van der Waals surface area contributed by atoms with Crippen LogP contribution in [0.3, 0.4) is 0 Å². The summed E-state index contributed by atoms with van der Waals surface area (Å²) >= 11 is 0. The highest BCUT2D eigenvalue weighted by Crippen LogP contribution is 2.29. The lowest BCUT2D eigenvalue weighted by Crippen LogP contribution is -2.08. The first-order chi connectivity index (χ1) is 9.76. The van der Waals surface area contributed by atoms with Crippen LogP contribution in [0.15, 0.2) is 30.5 Å². The largest absolute Gasteiger partial charge is 0.465 e. The number of aryl methyl sites for hydroxylation is 1. The minimum Gasteiger partial charge on any atom is -0.465 e. The third kappa shape index (κ3) is 1.84. The number of hydrogen-bond acceptors (Lipinski definition) is 3. The molecule has 0 saturated carbocycles. The number of H-pyrrole nitrogens is 1.